The van der Waals surface area contributed by atoms with Crippen LogP contribution in [0.5, 0.6) is 0 Å². The van der Waals surface area contributed by atoms with Crippen LogP contribution in [-0.4, -0.2) is 39.8 Å². The summed E-state index contributed by atoms with van der Waals surface area (Å²) in [6, 6.07) is 0. The third-order valence-electron chi connectivity index (χ3n) is 3.79. The van der Waals surface area contributed by atoms with Gasteiger partial charge in [-0.1, -0.05) is 60.8 Å². The highest BCUT2D eigenvalue weighted by Gasteiger charge is 2.13. The average Bonchev–Trinajstić information content (AvgIpc) is 3.32. The molecule has 0 unspecified atom stereocenters. The monoisotopic (exact) mass is 366 g/mol. The number of nitrogens with zero attached hydrogens (tertiary/aromatic N) is 4. The van der Waals surface area contributed by atoms with Crippen molar-refractivity contribution in [2.45, 2.75) is 25.7 Å². The molecular weight excluding hydrogens is 344 g/mol. The Morgan fingerprint density at radius 1 is 0.920 bits per heavy atom. The van der Waals surface area contributed by atoms with E-state index in [1.54, 1.807) is 0 Å². The van der Waals surface area contributed by atoms with Crippen LogP contribution in [0, 0.1) is 0 Å². The standard InChI is InChI=1S/C18H22N4OSi2/c19-21-17(13-5-11-15-7-1-2-8-15)24-23-25-18(22-20)14-6-12-16-9-3-4-10-16/h1-7,9,11-12H,8,10,13-14,24-25H2. The molecule has 0 spiro atoms. The Hall–Kier alpha value is -2.41. The Labute approximate surface area is 152 Å². The first-order valence-electron chi connectivity index (χ1n) is 8.33. The van der Waals surface area contributed by atoms with Crippen molar-refractivity contribution in [3.8, 4) is 0 Å². The van der Waals surface area contributed by atoms with Gasteiger partial charge in [0.2, 0.25) is 0 Å². The van der Waals surface area contributed by atoms with Gasteiger partial charge in [-0.05, 0) is 24.0 Å². The highest BCUT2D eigenvalue weighted by atomic mass is 28.3. The number of hydrogen-bond acceptors (Lipinski definition) is 1. The lowest BCUT2D eigenvalue weighted by molar-refractivity contribution is -0.00383. The summed E-state index contributed by atoms with van der Waals surface area (Å²) in [7, 11) is -2.14. The molecule has 7 heteroatoms. The van der Waals surface area contributed by atoms with E-state index in [0.717, 1.165) is 12.8 Å². The molecule has 2 rings (SSSR count). The molecule has 2 aliphatic rings. The minimum absolute atomic E-state index is 0.598. The molecule has 0 saturated heterocycles. The normalized spacial score (nSPS) is 16.5. The molecular formula is C18H22N4OSi2. The minimum Gasteiger partial charge on any atom is -0.448 e. The SMILES string of the molecule is [N-]=[N+]=C(CC=CC1=CC=CC1)[SiH2]O[SiH2]C(CC=CC1=CC=CC1)=[N+]=[N-]. The zero-order valence-electron chi connectivity index (χ0n) is 14.2. The largest absolute Gasteiger partial charge is 0.448 e. The molecule has 0 aliphatic heterocycles. The van der Waals surface area contributed by atoms with Crippen molar-refractivity contribution in [3.63, 3.8) is 0 Å². The summed E-state index contributed by atoms with van der Waals surface area (Å²) >= 11 is 0. The molecule has 0 aromatic heterocycles. The van der Waals surface area contributed by atoms with E-state index in [2.05, 4.69) is 46.0 Å². The maximum absolute atomic E-state index is 9.10. The summed E-state index contributed by atoms with van der Waals surface area (Å²) in [6.07, 6.45) is 23.6. The Kier molecular flexibility index (Phi) is 8.48. The molecule has 0 N–H and O–H groups in total. The van der Waals surface area contributed by atoms with Crippen molar-refractivity contribution in [2.75, 3.05) is 0 Å². The summed E-state index contributed by atoms with van der Waals surface area (Å²) in [5.41, 5.74) is 20.7. The van der Waals surface area contributed by atoms with Crippen molar-refractivity contribution >= 4 is 30.2 Å². The minimum atomic E-state index is -1.07. The van der Waals surface area contributed by atoms with Gasteiger partial charge in [0.25, 0.3) is 30.2 Å². The molecule has 0 aromatic rings. The smallest absolute Gasteiger partial charge is 0.277 e. The van der Waals surface area contributed by atoms with Crippen LogP contribution in [-0.2, 0) is 4.12 Å². The van der Waals surface area contributed by atoms with E-state index in [9.17, 15) is 0 Å². The highest BCUT2D eigenvalue weighted by Crippen LogP contribution is 2.12. The fourth-order valence-corrected chi connectivity index (χ4v) is 5.39. The van der Waals surface area contributed by atoms with Crippen molar-refractivity contribution < 1.29 is 13.7 Å². The lowest BCUT2D eigenvalue weighted by atomic mass is 10.2. The summed E-state index contributed by atoms with van der Waals surface area (Å²) in [5.74, 6) is 0. The molecule has 0 aromatic carbocycles. The Bertz CT molecular complexity index is 698. The van der Waals surface area contributed by atoms with Gasteiger partial charge in [0.05, 0.1) is 12.8 Å². The van der Waals surface area contributed by atoms with Gasteiger partial charge in [0.1, 0.15) is 0 Å². The average molecular weight is 367 g/mol. The molecule has 0 radical (unpaired) electrons. The van der Waals surface area contributed by atoms with E-state index >= 15 is 0 Å². The second-order valence-corrected chi connectivity index (χ2v) is 9.63. The first-order chi connectivity index (χ1) is 12.3. The Balaban J connectivity index is 1.67. The predicted octanol–water partition coefficient (Wildman–Crippen LogP) is 2.09. The summed E-state index contributed by atoms with van der Waals surface area (Å²) in [4.78, 5) is 6.70. The van der Waals surface area contributed by atoms with Crippen LogP contribution in [0.25, 0.3) is 11.1 Å². The van der Waals surface area contributed by atoms with Gasteiger partial charge in [0.15, 0.2) is 0 Å². The van der Waals surface area contributed by atoms with Crippen LogP contribution < -0.4 is 0 Å². The molecule has 0 saturated carbocycles. The quantitative estimate of drug-likeness (QED) is 0.252. The molecule has 25 heavy (non-hydrogen) atoms. The predicted molar refractivity (Wildman–Crippen MR) is 107 cm³/mol. The van der Waals surface area contributed by atoms with Crippen LogP contribution in [0.1, 0.15) is 25.7 Å². The van der Waals surface area contributed by atoms with Gasteiger partial charge in [-0.3, -0.25) is 0 Å². The molecule has 5 nitrogen and oxygen atoms in total. The molecule has 0 fully saturated rings. The van der Waals surface area contributed by atoms with E-state index in [0.29, 0.717) is 23.5 Å². The van der Waals surface area contributed by atoms with Crippen molar-refractivity contribution in [3.05, 3.63) is 83.0 Å². The molecule has 0 amide bonds. The third kappa shape index (κ3) is 7.35. The molecule has 2 aliphatic carbocycles. The summed E-state index contributed by atoms with van der Waals surface area (Å²) < 4.78 is 5.76. The van der Waals surface area contributed by atoms with Gasteiger partial charge in [0, 0.05) is 0 Å². The molecule has 0 heterocycles. The van der Waals surface area contributed by atoms with Crippen LogP contribution in [0.4, 0.5) is 0 Å². The second kappa shape index (κ2) is 11.2. The topological polar surface area (TPSA) is 82.0 Å². The van der Waals surface area contributed by atoms with E-state index < -0.39 is 19.5 Å². The van der Waals surface area contributed by atoms with E-state index in [4.69, 9.17) is 15.2 Å². The van der Waals surface area contributed by atoms with Crippen LogP contribution in [0.2, 0.25) is 0 Å². The van der Waals surface area contributed by atoms with Gasteiger partial charge < -0.3 is 15.2 Å². The zero-order chi connectivity index (χ0) is 17.7. The van der Waals surface area contributed by atoms with Crippen molar-refractivity contribution in [1.82, 2.24) is 0 Å². The zero-order valence-corrected chi connectivity index (χ0v) is 17.0. The fourth-order valence-electron chi connectivity index (χ4n) is 2.41. The first-order valence-corrected chi connectivity index (χ1v) is 10.9. The number of rotatable bonds is 10. The fraction of sp³-hybridized carbons (Fsp3) is 0.222. The van der Waals surface area contributed by atoms with Gasteiger partial charge >= 0.3 is 0 Å². The van der Waals surface area contributed by atoms with E-state index in [-0.39, 0.29) is 0 Å². The Morgan fingerprint density at radius 3 is 1.76 bits per heavy atom. The Morgan fingerprint density at radius 2 is 1.40 bits per heavy atom. The maximum atomic E-state index is 9.10. The van der Waals surface area contributed by atoms with Gasteiger partial charge in [-0.2, -0.15) is 9.58 Å². The van der Waals surface area contributed by atoms with Gasteiger partial charge in [-0.15, -0.1) is 0 Å². The third-order valence-corrected chi connectivity index (χ3v) is 6.95. The lowest BCUT2D eigenvalue weighted by Gasteiger charge is -1.96. The second-order valence-electron chi connectivity index (χ2n) is 5.79. The summed E-state index contributed by atoms with van der Waals surface area (Å²) in [6.45, 7) is 0. The maximum Gasteiger partial charge on any atom is 0.277 e. The van der Waals surface area contributed by atoms with Crippen LogP contribution in [0.3, 0.4) is 0 Å². The lowest BCUT2D eigenvalue weighted by Crippen LogP contribution is -2.21. The summed E-state index contributed by atoms with van der Waals surface area (Å²) in [5, 5.41) is 1.40. The molecule has 0 bridgehead atoms. The van der Waals surface area contributed by atoms with Crippen LogP contribution in [0.15, 0.2) is 71.9 Å². The van der Waals surface area contributed by atoms with Crippen molar-refractivity contribution in [1.29, 1.82) is 0 Å². The molecule has 0 atom stereocenters. The number of hydrogen-bond donors (Lipinski definition) is 0. The van der Waals surface area contributed by atoms with E-state index in [1.165, 1.54) is 11.1 Å². The van der Waals surface area contributed by atoms with Crippen LogP contribution >= 0.6 is 0 Å². The first kappa shape index (κ1) is 18.9. The van der Waals surface area contributed by atoms with E-state index in [1.807, 2.05) is 24.3 Å². The van der Waals surface area contributed by atoms with Crippen molar-refractivity contribution in [2.24, 2.45) is 0 Å². The number of allylic oxidation sites excluding steroid dienone is 12. The highest BCUT2D eigenvalue weighted by molar-refractivity contribution is 6.80. The molecule has 128 valence electrons. The van der Waals surface area contributed by atoms with Gasteiger partial charge in [-0.25, -0.2) is 0 Å².